The van der Waals surface area contributed by atoms with Gasteiger partial charge in [0, 0.05) is 24.9 Å². The number of ether oxygens (including phenoxy) is 2. The van der Waals surface area contributed by atoms with Crippen molar-refractivity contribution in [3.63, 3.8) is 0 Å². The Morgan fingerprint density at radius 2 is 2.04 bits per heavy atom. The van der Waals surface area contributed by atoms with Crippen molar-refractivity contribution in [3.8, 4) is 6.01 Å². The maximum absolute atomic E-state index is 11.1. The molecule has 1 amide bonds. The zero-order valence-electron chi connectivity index (χ0n) is 17.2. The molecule has 1 aromatic carbocycles. The van der Waals surface area contributed by atoms with Crippen molar-refractivity contribution < 1.29 is 14.3 Å². The van der Waals surface area contributed by atoms with E-state index in [4.69, 9.17) is 9.47 Å². The van der Waals surface area contributed by atoms with E-state index in [0.29, 0.717) is 12.6 Å². The van der Waals surface area contributed by atoms with Gasteiger partial charge in [0.2, 0.25) is 5.91 Å². The fourth-order valence-corrected chi connectivity index (χ4v) is 4.34. The average Bonchev–Trinajstić information content (AvgIpc) is 2.96. The highest BCUT2D eigenvalue weighted by Gasteiger charge is 2.25. The van der Waals surface area contributed by atoms with Crippen LogP contribution in [0.25, 0.3) is 11.0 Å². The zero-order valence-corrected chi connectivity index (χ0v) is 18.1. The molecule has 3 rings (SSSR count). The molecule has 1 aliphatic rings. The zero-order chi connectivity index (χ0) is 20.1. The summed E-state index contributed by atoms with van der Waals surface area (Å²) in [6, 6.07) is 7.11. The first-order valence-corrected chi connectivity index (χ1v) is 11.1. The number of aromatic nitrogens is 2. The van der Waals surface area contributed by atoms with Gasteiger partial charge in [-0.1, -0.05) is 6.92 Å². The van der Waals surface area contributed by atoms with Gasteiger partial charge in [0.05, 0.1) is 23.7 Å². The summed E-state index contributed by atoms with van der Waals surface area (Å²) in [5.41, 5.74) is 2.08. The van der Waals surface area contributed by atoms with E-state index in [1.807, 2.05) is 30.3 Å². The Bertz CT molecular complexity index is 800. The number of thioether (sulfide) groups is 1. The molecule has 0 unspecified atom stereocenters. The van der Waals surface area contributed by atoms with Gasteiger partial charge < -0.3 is 14.8 Å². The monoisotopic (exact) mass is 405 g/mol. The van der Waals surface area contributed by atoms with E-state index in [2.05, 4.69) is 35.4 Å². The first-order valence-electron chi connectivity index (χ1n) is 10.1. The number of aryl methyl sites for hydroxylation is 1. The predicted molar refractivity (Wildman–Crippen MR) is 113 cm³/mol. The molecule has 0 bridgehead atoms. The van der Waals surface area contributed by atoms with Crippen molar-refractivity contribution in [2.24, 2.45) is 7.05 Å². The lowest BCUT2D eigenvalue weighted by Gasteiger charge is -2.29. The van der Waals surface area contributed by atoms with Crippen LogP contribution < -0.4 is 10.1 Å². The number of rotatable bonds is 8. The lowest BCUT2D eigenvalue weighted by Crippen LogP contribution is -2.37. The lowest BCUT2D eigenvalue weighted by atomic mass is 9.95. The second-order valence-electron chi connectivity index (χ2n) is 7.49. The summed E-state index contributed by atoms with van der Waals surface area (Å²) in [7, 11) is 2.02. The first kappa shape index (κ1) is 21.0. The smallest absolute Gasteiger partial charge is 0.297 e. The predicted octanol–water partition coefficient (Wildman–Crippen LogP) is 3.92. The van der Waals surface area contributed by atoms with Crippen molar-refractivity contribution in [1.29, 1.82) is 0 Å². The summed E-state index contributed by atoms with van der Waals surface area (Å²) < 4.78 is 14.2. The quantitative estimate of drug-likeness (QED) is 0.675. The molecular formula is C21H31N3O3S. The van der Waals surface area contributed by atoms with Gasteiger partial charge in [-0.15, -0.1) is 11.8 Å². The minimum atomic E-state index is -0.0175. The van der Waals surface area contributed by atoms with Crippen LogP contribution in [0.5, 0.6) is 6.01 Å². The Kier molecular flexibility index (Phi) is 7.24. The van der Waals surface area contributed by atoms with Crippen LogP contribution in [0.2, 0.25) is 0 Å². The van der Waals surface area contributed by atoms with E-state index in [-0.39, 0.29) is 24.2 Å². The third-order valence-electron chi connectivity index (χ3n) is 5.05. The highest BCUT2D eigenvalue weighted by molar-refractivity contribution is 7.99. The summed E-state index contributed by atoms with van der Waals surface area (Å²) in [6.45, 7) is 6.21. The minimum Gasteiger partial charge on any atom is -0.461 e. The van der Waals surface area contributed by atoms with Gasteiger partial charge in [0.25, 0.3) is 6.01 Å². The highest BCUT2D eigenvalue weighted by Crippen LogP contribution is 2.29. The molecule has 1 heterocycles. The maximum atomic E-state index is 11.1. The number of hydrogen-bond acceptors (Lipinski definition) is 5. The van der Waals surface area contributed by atoms with E-state index in [9.17, 15) is 4.79 Å². The molecule has 1 atom stereocenters. The second kappa shape index (κ2) is 9.65. The van der Waals surface area contributed by atoms with E-state index < -0.39 is 0 Å². The van der Waals surface area contributed by atoms with Crippen LogP contribution in [0, 0.1) is 0 Å². The Balaban J connectivity index is 1.52. The van der Waals surface area contributed by atoms with E-state index in [0.717, 1.165) is 42.5 Å². The number of hydrogen-bond donors (Lipinski definition) is 1. The number of carbonyl (C=O) groups is 1. The van der Waals surface area contributed by atoms with E-state index >= 15 is 0 Å². The molecule has 0 aliphatic heterocycles. The summed E-state index contributed by atoms with van der Waals surface area (Å²) in [5.74, 6) is 1.04. The number of amides is 1. The number of nitrogens with zero attached hydrogens (tertiary/aromatic N) is 2. The Labute approximate surface area is 171 Å². The molecule has 28 heavy (non-hydrogen) atoms. The van der Waals surface area contributed by atoms with Crippen LogP contribution in [0.15, 0.2) is 23.1 Å². The van der Waals surface area contributed by atoms with Gasteiger partial charge >= 0.3 is 0 Å². The summed E-state index contributed by atoms with van der Waals surface area (Å²) in [4.78, 5) is 17.0. The maximum Gasteiger partial charge on any atom is 0.297 e. The standard InChI is InChI=1S/C21H31N3O3S/c1-5-28-18-10-11-19-20(12-18)24(4)21(23-19)27-17-8-6-16(7-9-17)26-13-14(2)22-15(3)25/h10-12,14,16-17H,5-9,13H2,1-4H3,(H,22,25)/t14-,16?,17?/m0/s1. The molecule has 2 aromatic rings. The van der Waals surface area contributed by atoms with Crippen molar-refractivity contribution in [2.45, 2.75) is 69.6 Å². The first-order chi connectivity index (χ1) is 13.5. The molecule has 0 saturated heterocycles. The van der Waals surface area contributed by atoms with Gasteiger partial charge in [-0.2, -0.15) is 4.98 Å². The fourth-order valence-electron chi connectivity index (χ4n) is 3.64. The third-order valence-corrected chi connectivity index (χ3v) is 5.92. The molecule has 1 aliphatic carbocycles. The number of fused-ring (bicyclic) bond motifs is 1. The highest BCUT2D eigenvalue weighted by atomic mass is 32.2. The molecule has 0 radical (unpaired) electrons. The Morgan fingerprint density at radius 1 is 1.32 bits per heavy atom. The van der Waals surface area contributed by atoms with Crippen molar-refractivity contribution in [1.82, 2.24) is 14.9 Å². The van der Waals surface area contributed by atoms with Gasteiger partial charge in [0.15, 0.2) is 0 Å². The van der Waals surface area contributed by atoms with Gasteiger partial charge in [0.1, 0.15) is 6.10 Å². The van der Waals surface area contributed by atoms with Crippen molar-refractivity contribution in [3.05, 3.63) is 18.2 Å². The molecule has 1 saturated carbocycles. The normalized spacial score (nSPS) is 20.9. The van der Waals surface area contributed by atoms with Gasteiger partial charge in [-0.25, -0.2) is 0 Å². The van der Waals surface area contributed by atoms with Crippen LogP contribution in [-0.2, 0) is 16.6 Å². The van der Waals surface area contributed by atoms with Crippen molar-refractivity contribution in [2.75, 3.05) is 12.4 Å². The summed E-state index contributed by atoms with van der Waals surface area (Å²) in [6.07, 6.45) is 4.27. The van der Waals surface area contributed by atoms with Crippen LogP contribution in [0.1, 0.15) is 46.5 Å². The number of imidazole rings is 1. The van der Waals surface area contributed by atoms with E-state index in [1.54, 1.807) is 0 Å². The van der Waals surface area contributed by atoms with Crippen molar-refractivity contribution >= 4 is 28.7 Å². The second-order valence-corrected chi connectivity index (χ2v) is 8.83. The number of carbonyl (C=O) groups excluding carboxylic acids is 1. The molecule has 1 fully saturated rings. The molecular weight excluding hydrogens is 374 g/mol. The Hall–Kier alpha value is -1.73. The van der Waals surface area contributed by atoms with Crippen LogP contribution in [-0.4, -0.2) is 46.1 Å². The molecule has 1 N–H and O–H groups in total. The van der Waals surface area contributed by atoms with Gasteiger partial charge in [-0.3, -0.25) is 9.36 Å². The average molecular weight is 406 g/mol. The molecule has 7 heteroatoms. The number of benzene rings is 1. The largest absolute Gasteiger partial charge is 0.461 e. The summed E-state index contributed by atoms with van der Waals surface area (Å²) in [5, 5.41) is 2.85. The minimum absolute atomic E-state index is 0.0175. The fraction of sp³-hybridized carbons (Fsp3) is 0.619. The molecule has 1 aromatic heterocycles. The SMILES string of the molecule is CCSc1ccc2nc(OC3CCC(OC[C@H](C)NC(C)=O)CC3)n(C)c2c1. The van der Waals surface area contributed by atoms with Crippen LogP contribution in [0.3, 0.4) is 0 Å². The Morgan fingerprint density at radius 3 is 2.71 bits per heavy atom. The third kappa shape index (κ3) is 5.41. The van der Waals surface area contributed by atoms with Gasteiger partial charge in [-0.05, 0) is 56.6 Å². The molecule has 0 spiro atoms. The van der Waals surface area contributed by atoms with Crippen LogP contribution in [0.4, 0.5) is 0 Å². The summed E-state index contributed by atoms with van der Waals surface area (Å²) >= 11 is 1.83. The molecule has 154 valence electrons. The van der Waals surface area contributed by atoms with Crippen LogP contribution >= 0.6 is 11.8 Å². The molecule has 6 nitrogen and oxygen atoms in total. The van der Waals surface area contributed by atoms with E-state index in [1.165, 1.54) is 11.8 Å². The topological polar surface area (TPSA) is 65.4 Å². The lowest BCUT2D eigenvalue weighted by molar-refractivity contribution is -0.120. The number of nitrogens with one attached hydrogen (secondary N) is 1.